The second-order valence-corrected chi connectivity index (χ2v) is 7.24. The Kier molecular flexibility index (Phi) is 10.2. The number of benzene rings is 1. The van der Waals surface area contributed by atoms with E-state index in [1.807, 2.05) is 30.0 Å². The molecule has 0 aromatic heterocycles. The third kappa shape index (κ3) is 6.52. The number of nitrogens with zero attached hydrogens (tertiary/aromatic N) is 1. The van der Waals surface area contributed by atoms with Crippen molar-refractivity contribution in [3.8, 4) is 5.75 Å². The first-order valence-corrected chi connectivity index (χ1v) is 9.72. The number of thioether (sulfide) groups is 1. The van der Waals surface area contributed by atoms with E-state index in [1.54, 1.807) is 7.11 Å². The van der Waals surface area contributed by atoms with Gasteiger partial charge in [0, 0.05) is 28.4 Å². The fourth-order valence-corrected chi connectivity index (χ4v) is 3.77. The maximum absolute atomic E-state index is 6.01. The van der Waals surface area contributed by atoms with Crippen molar-refractivity contribution in [3.63, 3.8) is 0 Å². The summed E-state index contributed by atoms with van der Waals surface area (Å²) < 4.78 is 5.38. The predicted octanol–water partition coefficient (Wildman–Crippen LogP) is 4.31. The summed E-state index contributed by atoms with van der Waals surface area (Å²) in [4.78, 5) is 4.70. The molecule has 0 bridgehead atoms. The van der Waals surface area contributed by atoms with Crippen LogP contribution in [0.2, 0.25) is 5.02 Å². The quantitative estimate of drug-likeness (QED) is 0.360. The van der Waals surface area contributed by atoms with Crippen LogP contribution in [0.3, 0.4) is 0 Å². The Bertz CT molecular complexity index is 545. The molecule has 7 heteroatoms. The van der Waals surface area contributed by atoms with Gasteiger partial charge < -0.3 is 15.4 Å². The second-order valence-electron chi connectivity index (χ2n) is 5.66. The van der Waals surface area contributed by atoms with E-state index in [-0.39, 0.29) is 24.0 Å². The van der Waals surface area contributed by atoms with Gasteiger partial charge in [0.05, 0.1) is 13.7 Å². The van der Waals surface area contributed by atoms with Gasteiger partial charge in [-0.15, -0.1) is 24.0 Å². The van der Waals surface area contributed by atoms with Crippen molar-refractivity contribution in [1.29, 1.82) is 0 Å². The maximum Gasteiger partial charge on any atom is 0.191 e. The minimum Gasteiger partial charge on any atom is -0.496 e. The normalized spacial score (nSPS) is 20.4. The molecule has 0 spiro atoms. The molecule has 136 valence electrons. The van der Waals surface area contributed by atoms with Crippen molar-refractivity contribution in [2.45, 2.75) is 44.0 Å². The third-order valence-electron chi connectivity index (χ3n) is 4.06. The highest BCUT2D eigenvalue weighted by atomic mass is 127. The Labute approximate surface area is 171 Å². The zero-order valence-corrected chi connectivity index (χ0v) is 18.4. The minimum absolute atomic E-state index is 0. The standard InChI is InChI=1S/C17H26ClN3OS.HI/c1-4-19-17(21-14-7-8-15(10-14)23-3)20-11-12-5-6-13(18)9-16(12)22-2;/h5-6,9,14-15H,4,7-8,10-11H2,1-3H3,(H2,19,20,21);1H. The third-order valence-corrected chi connectivity index (χ3v) is 5.39. The molecule has 2 unspecified atom stereocenters. The molecule has 1 saturated carbocycles. The van der Waals surface area contributed by atoms with Crippen molar-refractivity contribution < 1.29 is 4.74 Å². The van der Waals surface area contributed by atoms with Gasteiger partial charge in [-0.05, 0) is 44.6 Å². The summed E-state index contributed by atoms with van der Waals surface area (Å²) in [6.45, 7) is 3.50. The Balaban J connectivity index is 0.00000288. The molecule has 2 N–H and O–H groups in total. The molecule has 0 aliphatic heterocycles. The summed E-state index contributed by atoms with van der Waals surface area (Å²) in [5.41, 5.74) is 1.03. The van der Waals surface area contributed by atoms with Gasteiger partial charge >= 0.3 is 0 Å². The van der Waals surface area contributed by atoms with Gasteiger partial charge in [0.2, 0.25) is 0 Å². The van der Waals surface area contributed by atoms with Crippen molar-refractivity contribution in [2.75, 3.05) is 19.9 Å². The average Bonchev–Trinajstić information content (AvgIpc) is 3.01. The summed E-state index contributed by atoms with van der Waals surface area (Å²) >= 11 is 7.97. The van der Waals surface area contributed by atoms with Crippen LogP contribution >= 0.6 is 47.3 Å². The molecule has 1 aliphatic carbocycles. The minimum atomic E-state index is 0. The molecular formula is C17H27ClIN3OS. The van der Waals surface area contributed by atoms with Gasteiger partial charge in [0.25, 0.3) is 0 Å². The molecule has 1 aliphatic rings. The molecule has 2 rings (SSSR count). The van der Waals surface area contributed by atoms with E-state index in [9.17, 15) is 0 Å². The molecule has 1 fully saturated rings. The fourth-order valence-electron chi connectivity index (χ4n) is 2.81. The number of nitrogens with one attached hydrogen (secondary N) is 2. The van der Waals surface area contributed by atoms with Crippen molar-refractivity contribution in [2.24, 2.45) is 4.99 Å². The number of halogens is 2. The molecular weight excluding hydrogens is 457 g/mol. The van der Waals surface area contributed by atoms with Crippen LogP contribution in [0.25, 0.3) is 0 Å². The van der Waals surface area contributed by atoms with Gasteiger partial charge in [0.1, 0.15) is 5.75 Å². The van der Waals surface area contributed by atoms with E-state index in [1.165, 1.54) is 19.3 Å². The van der Waals surface area contributed by atoms with Crippen LogP contribution in [0, 0.1) is 0 Å². The molecule has 0 radical (unpaired) electrons. The Morgan fingerprint density at radius 2 is 2.21 bits per heavy atom. The maximum atomic E-state index is 6.01. The number of methoxy groups -OCH3 is 1. The van der Waals surface area contributed by atoms with Crippen LogP contribution in [0.4, 0.5) is 0 Å². The van der Waals surface area contributed by atoms with Crippen LogP contribution in [0.5, 0.6) is 5.75 Å². The predicted molar refractivity (Wildman–Crippen MR) is 116 cm³/mol. The van der Waals surface area contributed by atoms with Gasteiger partial charge in [-0.3, -0.25) is 0 Å². The largest absolute Gasteiger partial charge is 0.496 e. The lowest BCUT2D eigenvalue weighted by atomic mass is 10.2. The lowest BCUT2D eigenvalue weighted by Crippen LogP contribution is -2.42. The number of hydrogen-bond donors (Lipinski definition) is 2. The monoisotopic (exact) mass is 483 g/mol. The second kappa shape index (κ2) is 11.3. The SMILES string of the molecule is CCNC(=NCc1ccc(Cl)cc1OC)NC1CCC(SC)C1.I. The summed E-state index contributed by atoms with van der Waals surface area (Å²) in [7, 11) is 1.66. The Morgan fingerprint density at radius 3 is 2.83 bits per heavy atom. The van der Waals surface area contributed by atoms with Crippen molar-refractivity contribution in [1.82, 2.24) is 10.6 Å². The van der Waals surface area contributed by atoms with E-state index >= 15 is 0 Å². The van der Waals surface area contributed by atoms with E-state index in [0.29, 0.717) is 17.6 Å². The molecule has 0 heterocycles. The zero-order chi connectivity index (χ0) is 16.7. The number of hydrogen-bond acceptors (Lipinski definition) is 3. The first kappa shape index (κ1) is 21.7. The van der Waals surface area contributed by atoms with Gasteiger partial charge in [-0.25, -0.2) is 4.99 Å². The molecule has 1 aromatic rings. The molecule has 0 saturated heterocycles. The molecule has 2 atom stereocenters. The first-order chi connectivity index (χ1) is 11.2. The molecule has 24 heavy (non-hydrogen) atoms. The van der Waals surface area contributed by atoms with Crippen LogP contribution in [0.1, 0.15) is 31.7 Å². The zero-order valence-electron chi connectivity index (χ0n) is 14.5. The first-order valence-electron chi connectivity index (χ1n) is 8.06. The highest BCUT2D eigenvalue weighted by Crippen LogP contribution is 2.28. The summed E-state index contributed by atoms with van der Waals surface area (Å²) in [6.07, 6.45) is 5.89. The number of ether oxygens (including phenoxy) is 1. The van der Waals surface area contributed by atoms with E-state index in [0.717, 1.165) is 29.1 Å². The summed E-state index contributed by atoms with van der Waals surface area (Å²) in [6, 6.07) is 6.17. The smallest absolute Gasteiger partial charge is 0.191 e. The van der Waals surface area contributed by atoms with Gasteiger partial charge in [-0.1, -0.05) is 17.7 Å². The molecule has 1 aromatic carbocycles. The van der Waals surface area contributed by atoms with Crippen molar-refractivity contribution in [3.05, 3.63) is 28.8 Å². The van der Waals surface area contributed by atoms with E-state index < -0.39 is 0 Å². The lowest BCUT2D eigenvalue weighted by Gasteiger charge is -2.17. The average molecular weight is 484 g/mol. The number of guanidine groups is 1. The number of aliphatic imine (C=N–C) groups is 1. The van der Waals surface area contributed by atoms with Gasteiger partial charge in [0.15, 0.2) is 5.96 Å². The lowest BCUT2D eigenvalue weighted by molar-refractivity contribution is 0.410. The summed E-state index contributed by atoms with van der Waals surface area (Å²) in [5, 5.41) is 8.33. The van der Waals surface area contributed by atoms with Crippen LogP contribution in [-0.2, 0) is 6.54 Å². The molecule has 0 amide bonds. The highest BCUT2D eigenvalue weighted by Gasteiger charge is 2.24. The van der Waals surface area contributed by atoms with Crippen LogP contribution in [0.15, 0.2) is 23.2 Å². The number of rotatable bonds is 6. The highest BCUT2D eigenvalue weighted by molar-refractivity contribution is 14.0. The fraction of sp³-hybridized carbons (Fsp3) is 0.588. The van der Waals surface area contributed by atoms with E-state index in [4.69, 9.17) is 21.3 Å². The Morgan fingerprint density at radius 1 is 1.42 bits per heavy atom. The van der Waals surface area contributed by atoms with Crippen molar-refractivity contribution >= 4 is 53.3 Å². The van der Waals surface area contributed by atoms with Gasteiger partial charge in [-0.2, -0.15) is 11.8 Å². The van der Waals surface area contributed by atoms with Crippen LogP contribution in [-0.4, -0.2) is 37.2 Å². The Hall–Kier alpha value is -0.340. The summed E-state index contributed by atoms with van der Waals surface area (Å²) in [5.74, 6) is 1.65. The topological polar surface area (TPSA) is 45.7 Å². The van der Waals surface area contributed by atoms with E-state index in [2.05, 4.69) is 23.8 Å². The van der Waals surface area contributed by atoms with Crippen LogP contribution < -0.4 is 15.4 Å². The molecule has 4 nitrogen and oxygen atoms in total.